The van der Waals surface area contributed by atoms with Crippen molar-refractivity contribution < 1.29 is 13.6 Å². The lowest BCUT2D eigenvalue weighted by Gasteiger charge is -2.20. The Kier molecular flexibility index (Phi) is 4.13. The molecule has 1 aromatic heterocycles. The minimum absolute atomic E-state index is 0.282. The first kappa shape index (κ1) is 16.3. The molecule has 5 heteroatoms. The number of carbonyl (C=O) groups excluding carboxylic acids is 1. The summed E-state index contributed by atoms with van der Waals surface area (Å²) in [7, 11) is 0. The van der Waals surface area contributed by atoms with Gasteiger partial charge in [-0.05, 0) is 48.9 Å². The zero-order chi connectivity index (χ0) is 18.1. The normalized spacial score (nSPS) is 16.6. The van der Waals surface area contributed by atoms with Gasteiger partial charge in [-0.1, -0.05) is 30.3 Å². The Hall–Kier alpha value is -3.21. The van der Waals surface area contributed by atoms with Crippen molar-refractivity contribution in [3.05, 3.63) is 95.2 Å². The zero-order valence-electron chi connectivity index (χ0n) is 14.2. The van der Waals surface area contributed by atoms with Crippen molar-refractivity contribution in [2.45, 2.75) is 19.4 Å². The molecule has 0 saturated heterocycles. The van der Waals surface area contributed by atoms with Crippen LogP contribution in [-0.4, -0.2) is 16.6 Å². The molecule has 2 aromatic carbocycles. The van der Waals surface area contributed by atoms with Crippen molar-refractivity contribution in [2.24, 2.45) is 5.10 Å². The van der Waals surface area contributed by atoms with Gasteiger partial charge in [0.15, 0.2) is 0 Å². The summed E-state index contributed by atoms with van der Waals surface area (Å²) in [6.07, 6.45) is 0.559. The average molecular weight is 348 g/mol. The molecule has 0 N–H and O–H groups in total. The second-order valence-electron chi connectivity index (χ2n) is 6.24. The smallest absolute Gasteiger partial charge is 0.274 e. The van der Waals surface area contributed by atoms with Gasteiger partial charge in [-0.25, -0.2) is 9.40 Å². The number of halogens is 1. The van der Waals surface area contributed by atoms with E-state index in [0.717, 1.165) is 17.0 Å². The number of hydrogen-bond donors (Lipinski definition) is 0. The van der Waals surface area contributed by atoms with E-state index in [4.69, 9.17) is 4.42 Å². The van der Waals surface area contributed by atoms with Crippen LogP contribution in [0.3, 0.4) is 0 Å². The van der Waals surface area contributed by atoms with Gasteiger partial charge < -0.3 is 4.42 Å². The fourth-order valence-corrected chi connectivity index (χ4v) is 3.08. The highest BCUT2D eigenvalue weighted by molar-refractivity contribution is 6.04. The van der Waals surface area contributed by atoms with Crippen molar-refractivity contribution in [2.75, 3.05) is 0 Å². The van der Waals surface area contributed by atoms with Gasteiger partial charge in [0.2, 0.25) is 0 Å². The Bertz CT molecular complexity index is 961. The van der Waals surface area contributed by atoms with Gasteiger partial charge in [-0.15, -0.1) is 0 Å². The SMILES string of the molecule is Cc1ccc([C@H]2CC(c3ccccc3)=NN2C(=O)c2ccc(F)cc2)o1. The molecule has 4 rings (SSSR count). The van der Waals surface area contributed by atoms with Gasteiger partial charge in [0.25, 0.3) is 5.91 Å². The van der Waals surface area contributed by atoms with Crippen LogP contribution in [-0.2, 0) is 0 Å². The van der Waals surface area contributed by atoms with Gasteiger partial charge in [-0.2, -0.15) is 5.10 Å². The largest absolute Gasteiger partial charge is 0.464 e. The van der Waals surface area contributed by atoms with Crippen LogP contribution in [0, 0.1) is 12.7 Å². The maximum atomic E-state index is 13.2. The molecule has 0 fully saturated rings. The zero-order valence-corrected chi connectivity index (χ0v) is 14.2. The Morgan fingerprint density at radius 2 is 1.81 bits per heavy atom. The molecular formula is C21H17FN2O2. The number of hydrazone groups is 1. The molecule has 1 aliphatic rings. The van der Waals surface area contributed by atoms with Crippen LogP contribution >= 0.6 is 0 Å². The minimum Gasteiger partial charge on any atom is -0.464 e. The third-order valence-corrected chi connectivity index (χ3v) is 4.41. The van der Waals surface area contributed by atoms with E-state index < -0.39 is 0 Å². The molecular weight excluding hydrogens is 331 g/mol. The summed E-state index contributed by atoms with van der Waals surface area (Å²) >= 11 is 0. The number of amides is 1. The molecule has 1 atom stereocenters. The third-order valence-electron chi connectivity index (χ3n) is 4.41. The van der Waals surface area contributed by atoms with E-state index in [0.29, 0.717) is 17.7 Å². The molecule has 0 radical (unpaired) electrons. The number of nitrogens with zero attached hydrogens (tertiary/aromatic N) is 2. The van der Waals surface area contributed by atoms with E-state index in [-0.39, 0.29) is 17.8 Å². The monoisotopic (exact) mass is 348 g/mol. The van der Waals surface area contributed by atoms with Gasteiger partial charge in [0.05, 0.1) is 5.71 Å². The molecule has 26 heavy (non-hydrogen) atoms. The summed E-state index contributed by atoms with van der Waals surface area (Å²) < 4.78 is 18.9. The highest BCUT2D eigenvalue weighted by atomic mass is 19.1. The maximum Gasteiger partial charge on any atom is 0.274 e. The lowest BCUT2D eigenvalue weighted by atomic mass is 10.0. The molecule has 0 spiro atoms. The van der Waals surface area contributed by atoms with Crippen molar-refractivity contribution in [1.82, 2.24) is 5.01 Å². The summed E-state index contributed by atoms with van der Waals surface area (Å²) in [6.45, 7) is 1.86. The topological polar surface area (TPSA) is 45.8 Å². The summed E-state index contributed by atoms with van der Waals surface area (Å²) in [5.74, 6) is 0.805. The molecule has 130 valence electrons. The van der Waals surface area contributed by atoms with Crippen LogP contribution in [0.1, 0.15) is 39.9 Å². The van der Waals surface area contributed by atoms with E-state index in [1.807, 2.05) is 49.4 Å². The summed E-state index contributed by atoms with van der Waals surface area (Å²) in [4.78, 5) is 13.0. The number of furan rings is 1. The van der Waals surface area contributed by atoms with E-state index in [1.165, 1.54) is 29.3 Å². The molecule has 3 aromatic rings. The van der Waals surface area contributed by atoms with Gasteiger partial charge in [0, 0.05) is 12.0 Å². The molecule has 1 amide bonds. The predicted octanol–water partition coefficient (Wildman–Crippen LogP) is 4.72. The van der Waals surface area contributed by atoms with Crippen LogP contribution < -0.4 is 0 Å². The number of carbonyl (C=O) groups is 1. The number of aryl methyl sites for hydroxylation is 1. The highest BCUT2D eigenvalue weighted by Gasteiger charge is 2.35. The second kappa shape index (κ2) is 6.59. The average Bonchev–Trinajstić information content (AvgIpc) is 3.29. The Balaban J connectivity index is 1.72. The number of rotatable bonds is 3. The third kappa shape index (κ3) is 3.04. The molecule has 0 aliphatic carbocycles. The van der Waals surface area contributed by atoms with E-state index in [2.05, 4.69) is 5.10 Å². The highest BCUT2D eigenvalue weighted by Crippen LogP contribution is 2.34. The van der Waals surface area contributed by atoms with Gasteiger partial charge in [-0.3, -0.25) is 4.79 Å². The summed E-state index contributed by atoms with van der Waals surface area (Å²) in [6, 6.07) is 18.7. The first-order valence-corrected chi connectivity index (χ1v) is 8.40. The summed E-state index contributed by atoms with van der Waals surface area (Å²) in [5.41, 5.74) is 2.17. The number of hydrogen-bond acceptors (Lipinski definition) is 3. The Morgan fingerprint density at radius 3 is 2.46 bits per heavy atom. The van der Waals surface area contributed by atoms with Gasteiger partial charge >= 0.3 is 0 Å². The predicted molar refractivity (Wildman–Crippen MR) is 96.4 cm³/mol. The van der Waals surface area contributed by atoms with Crippen molar-refractivity contribution in [3.8, 4) is 0 Å². The van der Waals surface area contributed by atoms with Crippen LogP contribution in [0.2, 0.25) is 0 Å². The lowest BCUT2D eigenvalue weighted by molar-refractivity contribution is 0.0692. The van der Waals surface area contributed by atoms with Crippen molar-refractivity contribution >= 4 is 11.6 Å². The van der Waals surface area contributed by atoms with Crippen LogP contribution in [0.4, 0.5) is 4.39 Å². The second-order valence-corrected chi connectivity index (χ2v) is 6.24. The van der Waals surface area contributed by atoms with E-state index >= 15 is 0 Å². The standard InChI is InChI=1S/C21H17FN2O2/c1-14-7-12-20(26-14)19-13-18(15-5-3-2-4-6-15)23-24(19)21(25)16-8-10-17(22)11-9-16/h2-12,19H,13H2,1H3/t19-/m1/s1. The molecule has 0 unspecified atom stereocenters. The molecule has 2 heterocycles. The lowest BCUT2D eigenvalue weighted by Crippen LogP contribution is -2.26. The Morgan fingerprint density at radius 1 is 1.08 bits per heavy atom. The van der Waals surface area contributed by atoms with Gasteiger partial charge in [0.1, 0.15) is 23.4 Å². The quantitative estimate of drug-likeness (QED) is 0.687. The fourth-order valence-electron chi connectivity index (χ4n) is 3.08. The fraction of sp³-hybridized carbons (Fsp3) is 0.143. The molecule has 0 saturated carbocycles. The van der Waals surface area contributed by atoms with Crippen LogP contribution in [0.5, 0.6) is 0 Å². The molecule has 0 bridgehead atoms. The number of benzene rings is 2. The Labute approximate surface area is 150 Å². The van der Waals surface area contributed by atoms with Crippen LogP contribution in [0.25, 0.3) is 0 Å². The summed E-state index contributed by atoms with van der Waals surface area (Å²) in [5, 5.41) is 6.01. The van der Waals surface area contributed by atoms with Crippen LogP contribution in [0.15, 0.2) is 76.2 Å². The first-order valence-electron chi connectivity index (χ1n) is 8.40. The maximum absolute atomic E-state index is 13.2. The molecule has 1 aliphatic heterocycles. The minimum atomic E-state index is -0.380. The van der Waals surface area contributed by atoms with Crippen molar-refractivity contribution in [3.63, 3.8) is 0 Å². The van der Waals surface area contributed by atoms with Crippen molar-refractivity contribution in [1.29, 1.82) is 0 Å². The van der Waals surface area contributed by atoms with E-state index in [1.54, 1.807) is 0 Å². The first-order chi connectivity index (χ1) is 12.6. The molecule has 4 nitrogen and oxygen atoms in total. The van der Waals surface area contributed by atoms with E-state index in [9.17, 15) is 9.18 Å².